The molecule has 0 rings (SSSR count). The number of amides is 1. The largest absolute Gasteiger partial charge is 0.435 e. The number of likely N-dealkylation sites (N-methyl/N-ethyl adjacent to an activating group) is 1. The third-order valence-electron chi connectivity index (χ3n) is 1.43. The highest BCUT2D eigenvalue weighted by Crippen LogP contribution is 1.91. The van der Waals surface area contributed by atoms with Crippen LogP contribution < -0.4 is 0 Å². The van der Waals surface area contributed by atoms with Gasteiger partial charge in [0, 0.05) is 32.4 Å². The van der Waals surface area contributed by atoms with Gasteiger partial charge in [0.25, 0.3) is 0 Å². The molecule has 0 bridgehead atoms. The molecule has 1 amide bonds. The Labute approximate surface area is 103 Å². The van der Waals surface area contributed by atoms with Gasteiger partial charge in [-0.05, 0) is 13.8 Å². The zero-order chi connectivity index (χ0) is 14.0. The molecule has 0 aliphatic rings. The fourth-order valence-corrected chi connectivity index (χ4v) is 0.617. The van der Waals surface area contributed by atoms with Crippen LogP contribution >= 0.6 is 0 Å². The minimum absolute atomic E-state index is 0.00824. The van der Waals surface area contributed by atoms with Crippen molar-refractivity contribution >= 4 is 11.9 Å². The Morgan fingerprint density at radius 2 is 1.59 bits per heavy atom. The fraction of sp³-hybridized carbons (Fsp3) is 0.500. The lowest BCUT2D eigenvalue weighted by molar-refractivity contribution is -0.149. The zero-order valence-corrected chi connectivity index (χ0v) is 11.2. The molecule has 17 heavy (non-hydrogen) atoms. The van der Waals surface area contributed by atoms with E-state index in [9.17, 15) is 9.59 Å². The number of hydrogen-bond donors (Lipinski definition) is 0. The molecule has 5 heteroatoms. The molecule has 0 atom stereocenters. The van der Waals surface area contributed by atoms with Crippen molar-refractivity contribution in [2.45, 2.75) is 13.8 Å². The molecule has 0 unspecified atom stereocenters. The van der Waals surface area contributed by atoms with Gasteiger partial charge in [-0.3, -0.25) is 4.79 Å². The van der Waals surface area contributed by atoms with Gasteiger partial charge in [0.2, 0.25) is 5.91 Å². The third kappa shape index (κ3) is 10.7. The second-order valence-electron chi connectivity index (χ2n) is 3.60. The van der Waals surface area contributed by atoms with E-state index < -0.39 is 5.97 Å². The summed E-state index contributed by atoms with van der Waals surface area (Å²) in [5.41, 5.74) is 0.960. The van der Waals surface area contributed by atoms with Crippen LogP contribution in [0.2, 0.25) is 0 Å². The lowest BCUT2D eigenvalue weighted by atomic mass is 10.3. The molecular weight excluding hydrogens is 222 g/mol. The van der Waals surface area contributed by atoms with E-state index in [4.69, 9.17) is 0 Å². The van der Waals surface area contributed by atoms with E-state index >= 15 is 0 Å². The molecule has 0 saturated heterocycles. The number of carbonyl (C=O) groups excluding carboxylic acids is 2. The van der Waals surface area contributed by atoms with E-state index in [1.807, 2.05) is 0 Å². The highest BCUT2D eigenvalue weighted by molar-refractivity contribution is 5.91. The Hall–Kier alpha value is -1.62. The molecule has 98 valence electrons. The number of ether oxygens (including phenoxy) is 2. The molecule has 0 heterocycles. The van der Waals surface area contributed by atoms with E-state index in [2.05, 4.69) is 22.6 Å². The number of carbonyl (C=O) groups is 2. The van der Waals surface area contributed by atoms with Gasteiger partial charge >= 0.3 is 5.97 Å². The average molecular weight is 243 g/mol. The normalized spacial score (nSPS) is 8.53. The predicted octanol–water partition coefficient (Wildman–Crippen LogP) is 1.36. The van der Waals surface area contributed by atoms with E-state index in [0.29, 0.717) is 11.1 Å². The predicted molar refractivity (Wildman–Crippen MR) is 66.3 cm³/mol. The van der Waals surface area contributed by atoms with Crippen molar-refractivity contribution in [3.63, 3.8) is 0 Å². The molecular formula is C12H21NO4. The molecule has 0 aliphatic heterocycles. The first-order chi connectivity index (χ1) is 7.73. The first-order valence-corrected chi connectivity index (χ1v) is 4.92. The lowest BCUT2D eigenvalue weighted by Crippen LogP contribution is -2.21. The smallest absolute Gasteiger partial charge is 0.335 e. The summed E-state index contributed by atoms with van der Waals surface area (Å²) in [5, 5.41) is 0. The van der Waals surface area contributed by atoms with Gasteiger partial charge in [0.15, 0.2) is 6.79 Å². The minimum atomic E-state index is -0.420. The lowest BCUT2D eigenvalue weighted by Gasteiger charge is -2.07. The molecule has 0 spiro atoms. The summed E-state index contributed by atoms with van der Waals surface area (Å²) in [5.74, 6) is -0.429. The molecule has 0 aromatic heterocycles. The number of nitrogens with zero attached hydrogens (tertiary/aromatic N) is 1. The summed E-state index contributed by atoms with van der Waals surface area (Å²) >= 11 is 0. The monoisotopic (exact) mass is 243 g/mol. The van der Waals surface area contributed by atoms with Crippen molar-refractivity contribution in [2.75, 3.05) is 28.0 Å². The van der Waals surface area contributed by atoms with Gasteiger partial charge in [0.05, 0.1) is 0 Å². The Morgan fingerprint density at radius 3 is 1.76 bits per heavy atom. The van der Waals surface area contributed by atoms with Crippen LogP contribution in [0, 0.1) is 0 Å². The first-order valence-electron chi connectivity index (χ1n) is 4.92. The van der Waals surface area contributed by atoms with Gasteiger partial charge in [-0.15, -0.1) is 0 Å². The van der Waals surface area contributed by atoms with Crippen LogP contribution in [0.4, 0.5) is 0 Å². The number of hydrogen-bond acceptors (Lipinski definition) is 4. The number of rotatable bonds is 4. The third-order valence-corrected chi connectivity index (χ3v) is 1.43. The quantitative estimate of drug-likeness (QED) is 0.425. The standard InChI is InChI=1S/C6H11NO.C6H10O3/c1-5(2)6(8)7(3)4;1-5(2)6(7)9-4-8-3/h1H2,2-4H3;1,4H2,2-3H3. The summed E-state index contributed by atoms with van der Waals surface area (Å²) in [4.78, 5) is 22.7. The summed E-state index contributed by atoms with van der Waals surface area (Å²) in [7, 11) is 4.86. The van der Waals surface area contributed by atoms with Crippen LogP contribution in [-0.4, -0.2) is 44.8 Å². The summed E-state index contributed by atoms with van der Waals surface area (Å²) in [6.07, 6.45) is 0. The fourth-order valence-electron chi connectivity index (χ4n) is 0.617. The maximum Gasteiger partial charge on any atom is 0.335 e. The van der Waals surface area contributed by atoms with Crippen molar-refractivity contribution in [1.82, 2.24) is 4.90 Å². The molecule has 0 saturated carbocycles. The second-order valence-corrected chi connectivity index (χ2v) is 3.60. The van der Waals surface area contributed by atoms with Crippen LogP contribution in [0.5, 0.6) is 0 Å². The minimum Gasteiger partial charge on any atom is -0.435 e. The zero-order valence-electron chi connectivity index (χ0n) is 11.2. The van der Waals surface area contributed by atoms with Gasteiger partial charge < -0.3 is 14.4 Å². The van der Waals surface area contributed by atoms with Crippen molar-refractivity contribution in [1.29, 1.82) is 0 Å². The van der Waals surface area contributed by atoms with Crippen LogP contribution in [-0.2, 0) is 19.1 Å². The SMILES string of the molecule is C=C(C)C(=O)N(C)C.C=C(C)C(=O)OCOC. The van der Waals surface area contributed by atoms with Gasteiger partial charge in [-0.1, -0.05) is 13.2 Å². The van der Waals surface area contributed by atoms with E-state index in [0.717, 1.165) is 0 Å². The summed E-state index contributed by atoms with van der Waals surface area (Å²) < 4.78 is 8.97. The van der Waals surface area contributed by atoms with E-state index in [1.165, 1.54) is 12.0 Å². The van der Waals surface area contributed by atoms with Crippen LogP contribution in [0.3, 0.4) is 0 Å². The molecule has 5 nitrogen and oxygen atoms in total. The second kappa shape index (κ2) is 9.59. The average Bonchev–Trinajstić information content (AvgIpc) is 2.25. The van der Waals surface area contributed by atoms with Gasteiger partial charge in [-0.2, -0.15) is 0 Å². The van der Waals surface area contributed by atoms with E-state index in [-0.39, 0.29) is 12.7 Å². The van der Waals surface area contributed by atoms with Crippen molar-refractivity contribution in [3.8, 4) is 0 Å². The Kier molecular flexibility index (Phi) is 10.0. The Morgan fingerprint density at radius 1 is 1.12 bits per heavy atom. The molecule has 0 aromatic carbocycles. The van der Waals surface area contributed by atoms with Gasteiger partial charge in [0.1, 0.15) is 0 Å². The molecule has 0 fully saturated rings. The van der Waals surface area contributed by atoms with Crippen LogP contribution in [0.15, 0.2) is 24.3 Å². The van der Waals surface area contributed by atoms with Gasteiger partial charge in [-0.25, -0.2) is 4.79 Å². The first kappa shape index (κ1) is 17.8. The molecule has 0 aliphatic carbocycles. The molecule has 0 N–H and O–H groups in total. The van der Waals surface area contributed by atoms with E-state index in [1.54, 1.807) is 27.9 Å². The number of methoxy groups -OCH3 is 1. The maximum atomic E-state index is 10.7. The van der Waals surface area contributed by atoms with Crippen molar-refractivity contribution < 1.29 is 19.1 Å². The Bertz CT molecular complexity index is 295. The van der Waals surface area contributed by atoms with Crippen LogP contribution in [0.25, 0.3) is 0 Å². The molecule has 0 aromatic rings. The topological polar surface area (TPSA) is 55.8 Å². The Balaban J connectivity index is 0. The van der Waals surface area contributed by atoms with Crippen LogP contribution in [0.1, 0.15) is 13.8 Å². The highest BCUT2D eigenvalue weighted by atomic mass is 16.7. The maximum absolute atomic E-state index is 10.7. The summed E-state index contributed by atoms with van der Waals surface area (Å²) in [6.45, 7) is 10.1. The number of esters is 1. The summed E-state index contributed by atoms with van der Waals surface area (Å²) in [6, 6.07) is 0. The van der Waals surface area contributed by atoms with Crippen molar-refractivity contribution in [3.05, 3.63) is 24.3 Å². The molecule has 0 radical (unpaired) electrons. The van der Waals surface area contributed by atoms with Crippen molar-refractivity contribution in [2.24, 2.45) is 0 Å². The highest BCUT2D eigenvalue weighted by Gasteiger charge is 2.01.